The maximum Gasteiger partial charge on any atom is 0.189 e. The highest BCUT2D eigenvalue weighted by Gasteiger charge is 2.21. The summed E-state index contributed by atoms with van der Waals surface area (Å²) in [5.41, 5.74) is 10.1. The molecule has 3 N–H and O–H groups in total. The van der Waals surface area contributed by atoms with Gasteiger partial charge in [-0.3, -0.25) is 9.69 Å². The Hall–Kier alpha value is -1.65. The van der Waals surface area contributed by atoms with Gasteiger partial charge in [-0.05, 0) is 56.5 Å². The van der Waals surface area contributed by atoms with Crippen LogP contribution in [0.25, 0.3) is 10.9 Å². The van der Waals surface area contributed by atoms with Crippen molar-refractivity contribution in [2.75, 3.05) is 19.6 Å². The molecule has 2 heterocycles. The molecule has 0 amide bonds. The van der Waals surface area contributed by atoms with Crippen LogP contribution in [-0.2, 0) is 6.54 Å². The number of nitrogens with zero attached hydrogens (tertiary/aromatic N) is 1. The van der Waals surface area contributed by atoms with E-state index in [1.807, 2.05) is 13.0 Å². The number of aromatic amines is 1. The number of fused-ring (bicyclic) bond motifs is 1. The topological polar surface area (TPSA) is 62.1 Å². The smallest absolute Gasteiger partial charge is 0.189 e. The standard InChI is InChI=1S/C17H23N3O/c1-11-5-12(2)17-15(6-11)16(21)7-14(19-17)10-20-4-3-13(8-18)9-20/h5-7,13H,3-4,8-10,18H2,1-2H3,(H,19,21)/t13-/m1/s1. The van der Waals surface area contributed by atoms with Gasteiger partial charge in [0.2, 0.25) is 0 Å². The van der Waals surface area contributed by atoms with Crippen molar-refractivity contribution in [1.82, 2.24) is 9.88 Å². The maximum absolute atomic E-state index is 12.3. The predicted molar refractivity (Wildman–Crippen MR) is 86.5 cm³/mol. The van der Waals surface area contributed by atoms with Crippen molar-refractivity contribution >= 4 is 10.9 Å². The lowest BCUT2D eigenvalue weighted by Gasteiger charge is -2.16. The molecule has 3 rings (SSSR count). The number of nitrogens with two attached hydrogens (primary N) is 1. The van der Waals surface area contributed by atoms with E-state index in [0.29, 0.717) is 5.92 Å². The summed E-state index contributed by atoms with van der Waals surface area (Å²) in [7, 11) is 0. The monoisotopic (exact) mass is 285 g/mol. The maximum atomic E-state index is 12.3. The molecular formula is C17H23N3O. The zero-order chi connectivity index (χ0) is 15.0. The molecular weight excluding hydrogens is 262 g/mol. The lowest BCUT2D eigenvalue weighted by molar-refractivity contribution is 0.314. The van der Waals surface area contributed by atoms with Crippen molar-refractivity contribution < 1.29 is 0 Å². The fourth-order valence-electron chi connectivity index (χ4n) is 3.34. The Morgan fingerprint density at radius 1 is 1.33 bits per heavy atom. The Labute approximate surface area is 125 Å². The number of aromatic nitrogens is 1. The third-order valence-electron chi connectivity index (χ3n) is 4.43. The van der Waals surface area contributed by atoms with Crippen LogP contribution in [0.2, 0.25) is 0 Å². The normalized spacial score (nSPS) is 19.5. The first kappa shape index (κ1) is 14.3. The van der Waals surface area contributed by atoms with Crippen LogP contribution < -0.4 is 11.2 Å². The molecule has 1 aromatic carbocycles. The summed E-state index contributed by atoms with van der Waals surface area (Å²) in [5.74, 6) is 0.599. The zero-order valence-corrected chi connectivity index (χ0v) is 12.8. The number of rotatable bonds is 3. The van der Waals surface area contributed by atoms with Crippen LogP contribution in [0, 0.1) is 19.8 Å². The van der Waals surface area contributed by atoms with Crippen molar-refractivity contribution in [1.29, 1.82) is 0 Å². The summed E-state index contributed by atoms with van der Waals surface area (Å²) in [4.78, 5) is 18.2. The van der Waals surface area contributed by atoms with E-state index in [-0.39, 0.29) is 5.43 Å². The van der Waals surface area contributed by atoms with E-state index in [1.165, 1.54) is 0 Å². The molecule has 0 aliphatic carbocycles. The van der Waals surface area contributed by atoms with Gasteiger partial charge in [0.05, 0.1) is 5.52 Å². The van der Waals surface area contributed by atoms with Gasteiger partial charge >= 0.3 is 0 Å². The van der Waals surface area contributed by atoms with Crippen molar-refractivity contribution in [3.05, 3.63) is 45.2 Å². The quantitative estimate of drug-likeness (QED) is 0.906. The summed E-state index contributed by atoms with van der Waals surface area (Å²) in [6.45, 7) is 7.72. The molecule has 1 aliphatic heterocycles. The molecule has 4 nitrogen and oxygen atoms in total. The van der Waals surface area contributed by atoms with Gasteiger partial charge < -0.3 is 10.7 Å². The molecule has 0 saturated carbocycles. The second kappa shape index (κ2) is 5.62. The third-order valence-corrected chi connectivity index (χ3v) is 4.43. The van der Waals surface area contributed by atoms with Crippen molar-refractivity contribution in [3.63, 3.8) is 0 Å². The fourth-order valence-corrected chi connectivity index (χ4v) is 3.34. The summed E-state index contributed by atoms with van der Waals surface area (Å²) >= 11 is 0. The molecule has 21 heavy (non-hydrogen) atoms. The Morgan fingerprint density at radius 3 is 2.86 bits per heavy atom. The van der Waals surface area contributed by atoms with Gasteiger partial charge in [0.1, 0.15) is 0 Å². The molecule has 0 unspecified atom stereocenters. The van der Waals surface area contributed by atoms with Gasteiger partial charge in [-0.1, -0.05) is 6.07 Å². The molecule has 1 aliphatic rings. The van der Waals surface area contributed by atoms with Crippen molar-refractivity contribution in [2.45, 2.75) is 26.8 Å². The van der Waals surface area contributed by atoms with Crippen LogP contribution in [0.15, 0.2) is 23.0 Å². The van der Waals surface area contributed by atoms with E-state index < -0.39 is 0 Å². The van der Waals surface area contributed by atoms with Gasteiger partial charge in [-0.15, -0.1) is 0 Å². The van der Waals surface area contributed by atoms with Crippen molar-refractivity contribution in [2.24, 2.45) is 11.7 Å². The van der Waals surface area contributed by atoms with Crippen LogP contribution >= 0.6 is 0 Å². The largest absolute Gasteiger partial charge is 0.357 e. The van der Waals surface area contributed by atoms with Gasteiger partial charge in [0, 0.05) is 30.2 Å². The first-order chi connectivity index (χ1) is 10.1. The highest BCUT2D eigenvalue weighted by atomic mass is 16.1. The Kier molecular flexibility index (Phi) is 3.83. The lowest BCUT2D eigenvalue weighted by atomic mass is 10.1. The molecule has 1 fully saturated rings. The van der Waals surface area contributed by atoms with Crippen LogP contribution in [0.5, 0.6) is 0 Å². The van der Waals surface area contributed by atoms with Crippen LogP contribution in [-0.4, -0.2) is 29.5 Å². The summed E-state index contributed by atoms with van der Waals surface area (Å²) < 4.78 is 0. The number of hydrogen-bond acceptors (Lipinski definition) is 3. The third kappa shape index (κ3) is 2.87. The van der Waals surface area contributed by atoms with E-state index in [4.69, 9.17) is 5.73 Å². The van der Waals surface area contributed by atoms with E-state index in [2.05, 4.69) is 22.9 Å². The van der Waals surface area contributed by atoms with Gasteiger partial charge in [0.15, 0.2) is 5.43 Å². The number of aryl methyl sites for hydroxylation is 2. The first-order valence-electron chi connectivity index (χ1n) is 7.62. The van der Waals surface area contributed by atoms with Crippen molar-refractivity contribution in [3.8, 4) is 0 Å². The molecule has 1 saturated heterocycles. The molecule has 0 radical (unpaired) electrons. The molecule has 0 bridgehead atoms. The average molecular weight is 285 g/mol. The summed E-state index contributed by atoms with van der Waals surface area (Å²) in [6, 6.07) is 5.82. The number of hydrogen-bond donors (Lipinski definition) is 2. The molecule has 4 heteroatoms. The number of pyridine rings is 1. The minimum absolute atomic E-state index is 0.111. The summed E-state index contributed by atoms with van der Waals surface area (Å²) in [6.07, 6.45) is 1.16. The van der Waals surface area contributed by atoms with Crippen LogP contribution in [0.3, 0.4) is 0 Å². The SMILES string of the molecule is Cc1cc(C)c2[nH]c(CN3CC[C@H](CN)C3)cc(=O)c2c1. The van der Waals surface area contributed by atoms with E-state index in [9.17, 15) is 4.79 Å². The Morgan fingerprint density at radius 2 is 2.14 bits per heavy atom. The van der Waals surface area contributed by atoms with E-state index >= 15 is 0 Å². The molecule has 2 aromatic rings. The van der Waals surface area contributed by atoms with Crippen LogP contribution in [0.1, 0.15) is 23.2 Å². The summed E-state index contributed by atoms with van der Waals surface area (Å²) in [5, 5.41) is 0.789. The fraction of sp³-hybridized carbons (Fsp3) is 0.471. The van der Waals surface area contributed by atoms with Crippen LogP contribution in [0.4, 0.5) is 0 Å². The number of likely N-dealkylation sites (tertiary alicyclic amines) is 1. The second-order valence-electron chi connectivity index (χ2n) is 6.29. The number of benzene rings is 1. The second-order valence-corrected chi connectivity index (χ2v) is 6.29. The molecule has 1 atom stereocenters. The van der Waals surface area contributed by atoms with Gasteiger partial charge in [0.25, 0.3) is 0 Å². The molecule has 1 aromatic heterocycles. The van der Waals surface area contributed by atoms with Gasteiger partial charge in [-0.2, -0.15) is 0 Å². The predicted octanol–water partition coefficient (Wildman–Crippen LogP) is 1.93. The minimum atomic E-state index is 0.111. The highest BCUT2D eigenvalue weighted by molar-refractivity contribution is 5.82. The number of H-pyrrole nitrogens is 1. The Bertz CT molecular complexity index is 720. The first-order valence-corrected chi connectivity index (χ1v) is 7.62. The molecule has 0 spiro atoms. The average Bonchev–Trinajstić information content (AvgIpc) is 2.88. The lowest BCUT2D eigenvalue weighted by Crippen LogP contribution is -2.24. The molecule has 112 valence electrons. The highest BCUT2D eigenvalue weighted by Crippen LogP contribution is 2.19. The van der Waals surface area contributed by atoms with Gasteiger partial charge in [-0.25, -0.2) is 0 Å². The number of nitrogens with one attached hydrogen (secondary N) is 1. The Balaban J connectivity index is 1.92. The van der Waals surface area contributed by atoms with E-state index in [0.717, 1.165) is 60.3 Å². The van der Waals surface area contributed by atoms with E-state index in [1.54, 1.807) is 6.07 Å². The zero-order valence-electron chi connectivity index (χ0n) is 12.8. The minimum Gasteiger partial charge on any atom is -0.357 e.